The van der Waals surface area contributed by atoms with Gasteiger partial charge in [-0.25, -0.2) is 9.18 Å². The van der Waals surface area contributed by atoms with Gasteiger partial charge in [0.05, 0.1) is 11.2 Å². The van der Waals surface area contributed by atoms with E-state index in [0.717, 1.165) is 17.7 Å². The maximum absolute atomic E-state index is 13.7. The van der Waals surface area contributed by atoms with Crippen LogP contribution in [0.4, 0.5) is 22.4 Å². The summed E-state index contributed by atoms with van der Waals surface area (Å²) in [6.45, 7) is 0.123. The summed E-state index contributed by atoms with van der Waals surface area (Å²) in [6, 6.07) is 10.9. The van der Waals surface area contributed by atoms with Crippen molar-refractivity contribution in [2.45, 2.75) is 62.6 Å². The maximum atomic E-state index is 13.7. The van der Waals surface area contributed by atoms with Crippen molar-refractivity contribution in [3.63, 3.8) is 0 Å². The lowest BCUT2D eigenvalue weighted by Crippen LogP contribution is -2.54. The lowest BCUT2D eigenvalue weighted by atomic mass is 9.80. The fourth-order valence-electron chi connectivity index (χ4n) is 4.90. The average Bonchev–Trinajstić information content (AvgIpc) is 2.98. The number of ether oxygens (including phenoxy) is 1. The van der Waals surface area contributed by atoms with Gasteiger partial charge in [-0.05, 0) is 55.0 Å². The summed E-state index contributed by atoms with van der Waals surface area (Å²) < 4.78 is 59.1. The van der Waals surface area contributed by atoms with Gasteiger partial charge in [-0.1, -0.05) is 30.3 Å². The maximum Gasteiger partial charge on any atom is 0.416 e. The van der Waals surface area contributed by atoms with E-state index in [1.54, 1.807) is 4.90 Å². The number of rotatable bonds is 4. The zero-order chi connectivity index (χ0) is 22.2. The van der Waals surface area contributed by atoms with E-state index in [2.05, 4.69) is 0 Å². The Labute approximate surface area is 177 Å². The molecule has 2 saturated heterocycles. The van der Waals surface area contributed by atoms with Crippen LogP contribution >= 0.6 is 0 Å². The number of benzene rings is 2. The van der Waals surface area contributed by atoms with Gasteiger partial charge in [-0.3, -0.25) is 0 Å². The Hall–Kier alpha value is -2.61. The Bertz CT molecular complexity index is 934. The van der Waals surface area contributed by atoms with E-state index in [1.807, 2.05) is 30.3 Å². The van der Waals surface area contributed by atoms with Gasteiger partial charge < -0.3 is 14.7 Å². The van der Waals surface area contributed by atoms with Crippen molar-refractivity contribution < 1.29 is 32.2 Å². The number of amides is 1. The third-order valence-corrected chi connectivity index (χ3v) is 6.16. The zero-order valence-electron chi connectivity index (χ0n) is 16.7. The summed E-state index contributed by atoms with van der Waals surface area (Å²) in [4.78, 5) is 14.3. The molecular weight excluding hydrogens is 414 g/mol. The highest BCUT2D eigenvalue weighted by molar-refractivity contribution is 5.69. The molecule has 4 nitrogen and oxygen atoms in total. The lowest BCUT2D eigenvalue weighted by molar-refractivity contribution is -0.138. The van der Waals surface area contributed by atoms with Gasteiger partial charge in [0, 0.05) is 18.5 Å². The number of nitrogens with zero attached hydrogens (tertiary/aromatic N) is 1. The van der Waals surface area contributed by atoms with Crippen LogP contribution in [0.3, 0.4) is 0 Å². The summed E-state index contributed by atoms with van der Waals surface area (Å²) >= 11 is 0. The minimum absolute atomic E-state index is 0.123. The molecule has 4 rings (SSSR count). The molecule has 0 aliphatic carbocycles. The minimum atomic E-state index is -4.64. The summed E-state index contributed by atoms with van der Waals surface area (Å²) in [7, 11) is 0. The quantitative estimate of drug-likeness (QED) is 0.679. The van der Waals surface area contributed by atoms with Crippen molar-refractivity contribution in [2.75, 3.05) is 0 Å². The zero-order valence-corrected chi connectivity index (χ0v) is 16.7. The smallest absolute Gasteiger partial charge is 0.416 e. The molecule has 31 heavy (non-hydrogen) atoms. The molecule has 1 N–H and O–H groups in total. The van der Waals surface area contributed by atoms with Crippen molar-refractivity contribution >= 4 is 6.09 Å². The number of aliphatic hydroxyl groups is 1. The van der Waals surface area contributed by atoms with Crippen LogP contribution in [0.2, 0.25) is 0 Å². The predicted octanol–water partition coefficient (Wildman–Crippen LogP) is 5.08. The second-order valence-electron chi connectivity index (χ2n) is 8.44. The third kappa shape index (κ3) is 4.69. The molecule has 1 amide bonds. The van der Waals surface area contributed by atoms with Crippen molar-refractivity contribution in [1.82, 2.24) is 4.90 Å². The highest BCUT2D eigenvalue weighted by Gasteiger charge is 2.50. The van der Waals surface area contributed by atoms with Crippen LogP contribution in [0.5, 0.6) is 0 Å². The Balaban J connectivity index is 1.46. The Morgan fingerprint density at radius 1 is 1.10 bits per heavy atom. The topological polar surface area (TPSA) is 49.8 Å². The molecule has 0 radical (unpaired) electrons. The van der Waals surface area contributed by atoms with Gasteiger partial charge in [0.2, 0.25) is 0 Å². The van der Waals surface area contributed by atoms with Crippen molar-refractivity contribution in [3.05, 3.63) is 71.0 Å². The molecule has 2 aliphatic heterocycles. The Kier molecular flexibility index (Phi) is 5.68. The molecule has 2 bridgehead atoms. The Morgan fingerprint density at radius 2 is 1.74 bits per heavy atom. The first-order chi connectivity index (χ1) is 14.6. The molecule has 2 aromatic rings. The summed E-state index contributed by atoms with van der Waals surface area (Å²) in [5.41, 5.74) is -1.81. The first-order valence-electron chi connectivity index (χ1n) is 10.2. The number of alkyl halides is 3. The number of halogens is 4. The van der Waals surface area contributed by atoms with Crippen molar-refractivity contribution in [1.29, 1.82) is 0 Å². The van der Waals surface area contributed by atoms with E-state index in [0.29, 0.717) is 18.9 Å². The number of carbonyl (C=O) groups excluding carboxylic acids is 1. The highest BCUT2D eigenvalue weighted by atomic mass is 19.4. The normalized spacial score (nSPS) is 25.5. The molecule has 2 aliphatic rings. The number of fused-ring (bicyclic) bond motifs is 2. The summed E-state index contributed by atoms with van der Waals surface area (Å²) in [6.07, 6.45) is -3.92. The van der Waals surface area contributed by atoms with Crippen LogP contribution in [0, 0.1) is 5.82 Å². The molecular formula is C23H23F4NO3. The van der Waals surface area contributed by atoms with Crippen LogP contribution in [0.25, 0.3) is 0 Å². The fourth-order valence-corrected chi connectivity index (χ4v) is 4.90. The molecule has 166 valence electrons. The summed E-state index contributed by atoms with van der Waals surface area (Å²) in [5.74, 6) is -0.781. The monoisotopic (exact) mass is 437 g/mol. The first-order valence-corrected chi connectivity index (χ1v) is 10.2. The molecule has 2 fully saturated rings. The largest absolute Gasteiger partial charge is 0.445 e. The molecule has 0 spiro atoms. The minimum Gasteiger partial charge on any atom is -0.445 e. The van der Waals surface area contributed by atoms with Gasteiger partial charge in [0.1, 0.15) is 12.4 Å². The molecule has 2 unspecified atom stereocenters. The molecule has 2 atom stereocenters. The summed E-state index contributed by atoms with van der Waals surface area (Å²) in [5, 5.41) is 11.1. The molecule has 8 heteroatoms. The van der Waals surface area contributed by atoms with E-state index in [1.165, 1.54) is 0 Å². The molecule has 0 aromatic heterocycles. The third-order valence-electron chi connectivity index (χ3n) is 6.16. The second-order valence-corrected chi connectivity index (χ2v) is 8.44. The lowest BCUT2D eigenvalue weighted by Gasteiger charge is -2.43. The van der Waals surface area contributed by atoms with Crippen molar-refractivity contribution in [2.24, 2.45) is 0 Å². The van der Waals surface area contributed by atoms with Crippen LogP contribution in [0.1, 0.15) is 42.4 Å². The van der Waals surface area contributed by atoms with Gasteiger partial charge in [-0.2, -0.15) is 13.2 Å². The average molecular weight is 437 g/mol. The second kappa shape index (κ2) is 8.15. The standard InChI is InChI=1S/C23H23F4NO3/c24-17-6-9-20(23(25,26)27)16(10-17)11-22(30)12-18-7-8-19(13-22)28(18)21(29)31-14-15-4-2-1-3-5-15/h1-6,9-10,18-19,30H,7-8,11-14H2. The van der Waals surface area contributed by atoms with E-state index in [-0.39, 0.29) is 43.5 Å². The Morgan fingerprint density at radius 3 is 2.35 bits per heavy atom. The van der Waals surface area contributed by atoms with Gasteiger partial charge >= 0.3 is 12.3 Å². The predicted molar refractivity (Wildman–Crippen MR) is 105 cm³/mol. The van der Waals surface area contributed by atoms with Crippen LogP contribution in [0.15, 0.2) is 48.5 Å². The van der Waals surface area contributed by atoms with E-state index in [9.17, 15) is 27.5 Å². The van der Waals surface area contributed by atoms with Crippen LogP contribution < -0.4 is 0 Å². The van der Waals surface area contributed by atoms with Crippen LogP contribution in [-0.4, -0.2) is 33.8 Å². The number of hydrogen-bond acceptors (Lipinski definition) is 3. The fraction of sp³-hybridized carbons (Fsp3) is 0.435. The van der Waals surface area contributed by atoms with E-state index in [4.69, 9.17) is 4.74 Å². The van der Waals surface area contributed by atoms with E-state index < -0.39 is 29.3 Å². The molecule has 2 heterocycles. The van der Waals surface area contributed by atoms with E-state index >= 15 is 0 Å². The highest BCUT2D eigenvalue weighted by Crippen LogP contribution is 2.44. The molecule has 0 saturated carbocycles. The number of carbonyl (C=O) groups is 1. The van der Waals surface area contributed by atoms with Gasteiger partial charge in [0.25, 0.3) is 0 Å². The number of piperidine rings is 1. The van der Waals surface area contributed by atoms with Gasteiger partial charge in [0.15, 0.2) is 0 Å². The number of hydrogen-bond donors (Lipinski definition) is 1. The molecule has 2 aromatic carbocycles. The first kappa shape index (κ1) is 21.6. The SMILES string of the molecule is O=C(OCc1ccccc1)N1C2CCC1CC(O)(Cc1cc(F)ccc1C(F)(F)F)C2. The van der Waals surface area contributed by atoms with Crippen LogP contribution in [-0.2, 0) is 23.9 Å². The van der Waals surface area contributed by atoms with Crippen molar-refractivity contribution in [3.8, 4) is 0 Å². The van der Waals surface area contributed by atoms with Gasteiger partial charge in [-0.15, -0.1) is 0 Å².